The zero-order valence-electron chi connectivity index (χ0n) is 10.7. The third kappa shape index (κ3) is 2.11. The molecule has 0 saturated carbocycles. The second kappa shape index (κ2) is 4.82. The zero-order valence-corrected chi connectivity index (χ0v) is 10.7. The smallest absolute Gasteiger partial charge is 0.268 e. The number of ether oxygens (including phenoxy) is 1. The quantitative estimate of drug-likeness (QED) is 0.830. The van der Waals surface area contributed by atoms with Crippen LogP contribution in [-0.2, 0) is 4.79 Å². The standard InChI is InChI=1S/C14H18N2O2/c1-4-7-16-12-8-11(9(2)15)5-6-13(12)18-10(3)14(16)17/h4-6,8-10H,1,7,15H2,2-3H3. The lowest BCUT2D eigenvalue weighted by Crippen LogP contribution is -2.44. The molecule has 1 aromatic carbocycles. The molecule has 0 bridgehead atoms. The van der Waals surface area contributed by atoms with Crippen LogP contribution in [0.2, 0.25) is 0 Å². The van der Waals surface area contributed by atoms with Crippen LogP contribution >= 0.6 is 0 Å². The van der Waals surface area contributed by atoms with Gasteiger partial charge in [-0.15, -0.1) is 6.58 Å². The number of nitrogens with two attached hydrogens (primary N) is 1. The van der Waals surface area contributed by atoms with E-state index in [2.05, 4.69) is 6.58 Å². The Bertz CT molecular complexity index is 483. The van der Waals surface area contributed by atoms with Crippen LogP contribution in [0.4, 0.5) is 5.69 Å². The molecular weight excluding hydrogens is 228 g/mol. The van der Waals surface area contributed by atoms with Crippen molar-refractivity contribution in [1.82, 2.24) is 0 Å². The van der Waals surface area contributed by atoms with Crippen LogP contribution in [0.1, 0.15) is 25.5 Å². The second-order valence-corrected chi connectivity index (χ2v) is 4.51. The fourth-order valence-electron chi connectivity index (χ4n) is 2.02. The Kier molecular flexibility index (Phi) is 3.39. The lowest BCUT2D eigenvalue weighted by molar-refractivity contribution is -0.125. The number of carbonyl (C=O) groups excluding carboxylic acids is 1. The van der Waals surface area contributed by atoms with Crippen molar-refractivity contribution in [3.63, 3.8) is 0 Å². The highest BCUT2D eigenvalue weighted by molar-refractivity contribution is 6.00. The summed E-state index contributed by atoms with van der Waals surface area (Å²) in [5.41, 5.74) is 7.62. The van der Waals surface area contributed by atoms with Gasteiger partial charge in [-0.2, -0.15) is 0 Å². The first-order valence-electron chi connectivity index (χ1n) is 6.03. The van der Waals surface area contributed by atoms with Crippen molar-refractivity contribution < 1.29 is 9.53 Å². The highest BCUT2D eigenvalue weighted by Crippen LogP contribution is 2.35. The number of fused-ring (bicyclic) bond motifs is 1. The van der Waals surface area contributed by atoms with Gasteiger partial charge in [0.2, 0.25) is 0 Å². The van der Waals surface area contributed by atoms with Gasteiger partial charge >= 0.3 is 0 Å². The van der Waals surface area contributed by atoms with Gasteiger partial charge in [0, 0.05) is 12.6 Å². The Morgan fingerprint density at radius 3 is 2.94 bits per heavy atom. The summed E-state index contributed by atoms with van der Waals surface area (Å²) in [6.07, 6.45) is 1.25. The van der Waals surface area contributed by atoms with Gasteiger partial charge in [-0.3, -0.25) is 4.79 Å². The van der Waals surface area contributed by atoms with Gasteiger partial charge in [-0.05, 0) is 31.5 Å². The molecule has 4 nitrogen and oxygen atoms in total. The molecule has 1 aromatic rings. The fourth-order valence-corrected chi connectivity index (χ4v) is 2.02. The van der Waals surface area contributed by atoms with E-state index in [1.54, 1.807) is 17.9 Å². The summed E-state index contributed by atoms with van der Waals surface area (Å²) in [6.45, 7) is 7.82. The maximum absolute atomic E-state index is 12.1. The Labute approximate surface area is 107 Å². The molecule has 1 heterocycles. The van der Waals surface area contributed by atoms with Crippen molar-refractivity contribution >= 4 is 11.6 Å². The van der Waals surface area contributed by atoms with Crippen molar-refractivity contribution in [2.75, 3.05) is 11.4 Å². The van der Waals surface area contributed by atoms with Crippen LogP contribution in [0.15, 0.2) is 30.9 Å². The van der Waals surface area contributed by atoms with E-state index in [0.29, 0.717) is 12.3 Å². The van der Waals surface area contributed by atoms with Crippen molar-refractivity contribution in [2.45, 2.75) is 26.0 Å². The third-order valence-corrected chi connectivity index (χ3v) is 3.03. The Hall–Kier alpha value is -1.81. The minimum Gasteiger partial charge on any atom is -0.479 e. The topological polar surface area (TPSA) is 55.6 Å². The van der Waals surface area contributed by atoms with E-state index in [1.807, 2.05) is 25.1 Å². The van der Waals surface area contributed by atoms with Gasteiger partial charge in [-0.1, -0.05) is 12.1 Å². The van der Waals surface area contributed by atoms with Crippen LogP contribution in [0.5, 0.6) is 5.75 Å². The summed E-state index contributed by atoms with van der Waals surface area (Å²) in [6, 6.07) is 5.63. The first-order valence-corrected chi connectivity index (χ1v) is 6.03. The average Bonchev–Trinajstić information content (AvgIpc) is 2.34. The van der Waals surface area contributed by atoms with Gasteiger partial charge in [0.05, 0.1) is 5.69 Å². The number of anilines is 1. The predicted octanol–water partition coefficient (Wildman–Crippen LogP) is 2.01. The first kappa shape index (κ1) is 12.6. The fraction of sp³-hybridized carbons (Fsp3) is 0.357. The SMILES string of the molecule is C=CCN1C(=O)C(C)Oc2ccc(C(C)N)cc21. The summed E-state index contributed by atoms with van der Waals surface area (Å²) in [7, 11) is 0. The second-order valence-electron chi connectivity index (χ2n) is 4.51. The normalized spacial score (nSPS) is 20.1. The van der Waals surface area contributed by atoms with Gasteiger partial charge in [0.1, 0.15) is 5.75 Å². The molecule has 96 valence electrons. The Morgan fingerprint density at radius 2 is 2.33 bits per heavy atom. The summed E-state index contributed by atoms with van der Waals surface area (Å²) < 4.78 is 5.59. The summed E-state index contributed by atoms with van der Waals surface area (Å²) in [4.78, 5) is 13.8. The van der Waals surface area contributed by atoms with E-state index in [0.717, 1.165) is 11.3 Å². The van der Waals surface area contributed by atoms with E-state index >= 15 is 0 Å². The van der Waals surface area contributed by atoms with Crippen LogP contribution in [-0.4, -0.2) is 18.6 Å². The molecule has 0 saturated heterocycles. The summed E-state index contributed by atoms with van der Waals surface area (Å²) >= 11 is 0. The van der Waals surface area contributed by atoms with Gasteiger partial charge in [-0.25, -0.2) is 0 Å². The zero-order chi connectivity index (χ0) is 13.3. The largest absolute Gasteiger partial charge is 0.479 e. The van der Waals surface area contributed by atoms with Crippen LogP contribution in [0.25, 0.3) is 0 Å². The van der Waals surface area contributed by atoms with Crippen LogP contribution in [0.3, 0.4) is 0 Å². The number of hydrogen-bond acceptors (Lipinski definition) is 3. The monoisotopic (exact) mass is 246 g/mol. The number of nitrogens with zero attached hydrogens (tertiary/aromatic N) is 1. The number of carbonyl (C=O) groups is 1. The Morgan fingerprint density at radius 1 is 1.61 bits per heavy atom. The highest BCUT2D eigenvalue weighted by Gasteiger charge is 2.30. The molecule has 1 aliphatic heterocycles. The summed E-state index contributed by atoms with van der Waals surface area (Å²) in [5.74, 6) is 0.664. The molecule has 2 atom stereocenters. The van der Waals surface area contributed by atoms with Gasteiger partial charge < -0.3 is 15.4 Å². The van der Waals surface area contributed by atoms with Gasteiger partial charge in [0.15, 0.2) is 6.10 Å². The van der Waals surface area contributed by atoms with Crippen LogP contribution < -0.4 is 15.4 Å². The lowest BCUT2D eigenvalue weighted by Gasteiger charge is -2.32. The van der Waals surface area contributed by atoms with E-state index < -0.39 is 6.10 Å². The molecule has 2 unspecified atom stereocenters. The molecular formula is C14H18N2O2. The minimum atomic E-state index is -0.460. The maximum atomic E-state index is 12.1. The van der Waals surface area contributed by atoms with Crippen molar-refractivity contribution in [3.05, 3.63) is 36.4 Å². The minimum absolute atomic E-state index is 0.0516. The highest BCUT2D eigenvalue weighted by atomic mass is 16.5. The lowest BCUT2D eigenvalue weighted by atomic mass is 10.1. The molecule has 0 aromatic heterocycles. The number of amides is 1. The average molecular weight is 246 g/mol. The Balaban J connectivity index is 2.48. The molecule has 0 radical (unpaired) electrons. The molecule has 0 spiro atoms. The van der Waals surface area contributed by atoms with Crippen molar-refractivity contribution in [3.8, 4) is 5.75 Å². The van der Waals surface area contributed by atoms with Gasteiger partial charge in [0.25, 0.3) is 5.91 Å². The predicted molar refractivity (Wildman–Crippen MR) is 71.7 cm³/mol. The van der Waals surface area contributed by atoms with E-state index in [-0.39, 0.29) is 11.9 Å². The molecule has 4 heteroatoms. The molecule has 0 fully saturated rings. The number of rotatable bonds is 3. The first-order chi connectivity index (χ1) is 8.54. The third-order valence-electron chi connectivity index (χ3n) is 3.03. The van der Waals surface area contributed by atoms with E-state index in [4.69, 9.17) is 10.5 Å². The molecule has 1 amide bonds. The van der Waals surface area contributed by atoms with Crippen molar-refractivity contribution in [2.24, 2.45) is 5.73 Å². The number of benzene rings is 1. The molecule has 18 heavy (non-hydrogen) atoms. The molecule has 2 N–H and O–H groups in total. The summed E-state index contributed by atoms with van der Waals surface area (Å²) in [5, 5.41) is 0. The molecule has 1 aliphatic rings. The van der Waals surface area contributed by atoms with Crippen LogP contribution in [0, 0.1) is 0 Å². The van der Waals surface area contributed by atoms with Crippen molar-refractivity contribution in [1.29, 1.82) is 0 Å². The number of hydrogen-bond donors (Lipinski definition) is 1. The molecule has 0 aliphatic carbocycles. The maximum Gasteiger partial charge on any atom is 0.268 e. The molecule has 2 rings (SSSR count). The van der Waals surface area contributed by atoms with E-state index in [1.165, 1.54) is 0 Å². The van der Waals surface area contributed by atoms with E-state index in [9.17, 15) is 4.79 Å².